The van der Waals surface area contributed by atoms with Crippen molar-refractivity contribution in [3.63, 3.8) is 0 Å². The van der Waals surface area contributed by atoms with Gasteiger partial charge < -0.3 is 4.74 Å². The predicted octanol–water partition coefficient (Wildman–Crippen LogP) is 2.07. The van der Waals surface area contributed by atoms with Gasteiger partial charge in [0, 0.05) is 18.6 Å². The van der Waals surface area contributed by atoms with E-state index in [1.807, 2.05) is 6.92 Å². The number of hydrogen-bond acceptors (Lipinski definition) is 5. The molecule has 1 saturated heterocycles. The van der Waals surface area contributed by atoms with Crippen LogP contribution in [0, 0.1) is 10.1 Å². The van der Waals surface area contributed by atoms with Crippen molar-refractivity contribution in [1.82, 2.24) is 4.90 Å². The van der Waals surface area contributed by atoms with Gasteiger partial charge in [0.2, 0.25) is 5.91 Å². The molecule has 1 aliphatic rings. The zero-order chi connectivity index (χ0) is 14.7. The molecule has 1 unspecified atom stereocenters. The number of non-ortho nitro benzene ring substituents is 1. The summed E-state index contributed by atoms with van der Waals surface area (Å²) in [5.74, 6) is -0.421. The number of rotatable bonds is 4. The minimum absolute atomic E-state index is 0.00963. The van der Waals surface area contributed by atoms with Gasteiger partial charge >= 0.3 is 6.09 Å². The Morgan fingerprint density at radius 1 is 1.45 bits per heavy atom. The molecule has 0 N–H and O–H groups in total. The minimum Gasteiger partial charge on any atom is -0.447 e. The number of nitro groups is 1. The summed E-state index contributed by atoms with van der Waals surface area (Å²) < 4.78 is 4.71. The summed E-state index contributed by atoms with van der Waals surface area (Å²) in [7, 11) is 0. The van der Waals surface area contributed by atoms with Crippen molar-refractivity contribution in [2.75, 3.05) is 13.2 Å². The molecular weight excluding hydrogens is 264 g/mol. The number of nitrogens with zero attached hydrogens (tertiary/aromatic N) is 2. The van der Waals surface area contributed by atoms with E-state index in [0.717, 1.165) is 10.5 Å². The highest BCUT2D eigenvalue weighted by molar-refractivity contribution is 5.93. The summed E-state index contributed by atoms with van der Waals surface area (Å²) in [5, 5.41) is 10.6. The Morgan fingerprint density at radius 3 is 2.60 bits per heavy atom. The smallest absolute Gasteiger partial charge is 0.416 e. The molecule has 2 rings (SSSR count). The molecule has 1 aromatic rings. The zero-order valence-corrected chi connectivity index (χ0v) is 10.9. The molecule has 1 aromatic carbocycles. The number of benzene rings is 1. The Morgan fingerprint density at radius 2 is 2.10 bits per heavy atom. The predicted molar refractivity (Wildman–Crippen MR) is 69.2 cm³/mol. The average molecular weight is 278 g/mol. The van der Waals surface area contributed by atoms with Gasteiger partial charge in [-0.25, -0.2) is 9.69 Å². The molecule has 0 radical (unpaired) electrons. The number of amides is 2. The first-order chi connectivity index (χ1) is 9.49. The van der Waals surface area contributed by atoms with Crippen molar-refractivity contribution in [3.8, 4) is 0 Å². The van der Waals surface area contributed by atoms with Crippen LogP contribution < -0.4 is 0 Å². The van der Waals surface area contributed by atoms with Crippen LogP contribution in [0.2, 0.25) is 0 Å². The van der Waals surface area contributed by atoms with Crippen LogP contribution in [0.5, 0.6) is 0 Å². The van der Waals surface area contributed by atoms with Gasteiger partial charge in [-0.05, 0) is 11.5 Å². The average Bonchev–Trinajstić information content (AvgIpc) is 2.85. The Balaban J connectivity index is 2.00. The maximum atomic E-state index is 11.9. The first kappa shape index (κ1) is 14.0. The van der Waals surface area contributed by atoms with Crippen LogP contribution in [0.15, 0.2) is 24.3 Å². The summed E-state index contributed by atoms with van der Waals surface area (Å²) in [5.41, 5.74) is 0.826. The molecule has 2 amide bonds. The number of imide groups is 1. The van der Waals surface area contributed by atoms with Gasteiger partial charge in [0.1, 0.15) is 6.61 Å². The van der Waals surface area contributed by atoms with Crippen molar-refractivity contribution in [2.45, 2.75) is 19.3 Å². The van der Waals surface area contributed by atoms with Gasteiger partial charge in [-0.2, -0.15) is 0 Å². The van der Waals surface area contributed by atoms with Crippen LogP contribution in [0.4, 0.5) is 10.5 Å². The quantitative estimate of drug-likeness (QED) is 0.621. The van der Waals surface area contributed by atoms with E-state index < -0.39 is 11.0 Å². The second kappa shape index (κ2) is 5.68. The zero-order valence-electron chi connectivity index (χ0n) is 10.9. The number of hydrogen-bond donors (Lipinski definition) is 0. The van der Waals surface area contributed by atoms with E-state index in [1.165, 1.54) is 12.1 Å². The van der Waals surface area contributed by atoms with E-state index in [4.69, 9.17) is 4.74 Å². The largest absolute Gasteiger partial charge is 0.447 e. The van der Waals surface area contributed by atoms with Crippen molar-refractivity contribution < 1.29 is 19.2 Å². The molecule has 0 aromatic heterocycles. The number of carbonyl (C=O) groups is 2. The van der Waals surface area contributed by atoms with E-state index in [-0.39, 0.29) is 37.1 Å². The van der Waals surface area contributed by atoms with Crippen LogP contribution in [-0.4, -0.2) is 35.0 Å². The summed E-state index contributed by atoms with van der Waals surface area (Å²) in [4.78, 5) is 34.4. The molecule has 1 fully saturated rings. The fraction of sp³-hybridized carbons (Fsp3) is 0.385. The number of carbonyl (C=O) groups excluding carboxylic acids is 2. The third-order valence-electron chi connectivity index (χ3n) is 3.22. The molecule has 0 spiro atoms. The molecule has 1 aliphatic heterocycles. The molecule has 7 nitrogen and oxygen atoms in total. The summed E-state index contributed by atoms with van der Waals surface area (Å²) in [6.45, 7) is 2.35. The monoisotopic (exact) mass is 278 g/mol. The molecular formula is C13H14N2O5. The van der Waals surface area contributed by atoms with Gasteiger partial charge in [0.15, 0.2) is 0 Å². The molecule has 1 heterocycles. The third kappa shape index (κ3) is 2.93. The van der Waals surface area contributed by atoms with E-state index in [2.05, 4.69) is 0 Å². The van der Waals surface area contributed by atoms with Crippen molar-refractivity contribution in [1.29, 1.82) is 0 Å². The highest BCUT2D eigenvalue weighted by Crippen LogP contribution is 2.23. The van der Waals surface area contributed by atoms with E-state index >= 15 is 0 Å². The molecule has 20 heavy (non-hydrogen) atoms. The Labute approximate surface area is 115 Å². The first-order valence-corrected chi connectivity index (χ1v) is 6.20. The minimum atomic E-state index is -0.606. The topological polar surface area (TPSA) is 89.8 Å². The Kier molecular flexibility index (Phi) is 3.97. The molecule has 0 bridgehead atoms. The molecule has 0 aliphatic carbocycles. The number of nitro benzene ring substituents is 1. The Hall–Kier alpha value is -2.44. The number of cyclic esters (lactones) is 1. The lowest BCUT2D eigenvalue weighted by Gasteiger charge is -2.15. The summed E-state index contributed by atoms with van der Waals surface area (Å²) in [6, 6.07) is 6.05. The second-order valence-corrected chi connectivity index (χ2v) is 4.61. The molecule has 1 atom stereocenters. The van der Waals surface area contributed by atoms with Gasteiger partial charge in [-0.1, -0.05) is 19.1 Å². The van der Waals surface area contributed by atoms with Crippen LogP contribution >= 0.6 is 0 Å². The van der Waals surface area contributed by atoms with Crippen LogP contribution in [-0.2, 0) is 9.53 Å². The van der Waals surface area contributed by atoms with Gasteiger partial charge in [-0.3, -0.25) is 14.9 Å². The van der Waals surface area contributed by atoms with E-state index in [0.29, 0.717) is 0 Å². The normalized spacial score (nSPS) is 15.8. The molecule has 106 valence electrons. The SMILES string of the molecule is CC(CC(=O)N1CCOC1=O)c1ccc([N+](=O)[O-])cc1. The van der Waals surface area contributed by atoms with Crippen LogP contribution in [0.1, 0.15) is 24.8 Å². The van der Waals surface area contributed by atoms with Crippen molar-refractivity contribution in [2.24, 2.45) is 0 Å². The van der Waals surface area contributed by atoms with Crippen molar-refractivity contribution in [3.05, 3.63) is 39.9 Å². The van der Waals surface area contributed by atoms with E-state index in [9.17, 15) is 19.7 Å². The lowest BCUT2D eigenvalue weighted by Crippen LogP contribution is -2.32. The van der Waals surface area contributed by atoms with E-state index in [1.54, 1.807) is 12.1 Å². The number of ether oxygens (including phenoxy) is 1. The second-order valence-electron chi connectivity index (χ2n) is 4.61. The lowest BCUT2D eigenvalue weighted by atomic mass is 9.97. The fourth-order valence-corrected chi connectivity index (χ4v) is 2.03. The van der Waals surface area contributed by atoms with Crippen LogP contribution in [0.3, 0.4) is 0 Å². The maximum absolute atomic E-state index is 11.9. The van der Waals surface area contributed by atoms with Gasteiger partial charge in [0.05, 0.1) is 11.5 Å². The standard InChI is InChI=1S/C13H14N2O5/c1-9(8-12(16)14-6-7-20-13(14)17)10-2-4-11(5-3-10)15(18)19/h2-5,9H,6-8H2,1H3. The first-order valence-electron chi connectivity index (χ1n) is 6.20. The van der Waals surface area contributed by atoms with Gasteiger partial charge in [-0.15, -0.1) is 0 Å². The third-order valence-corrected chi connectivity index (χ3v) is 3.22. The summed E-state index contributed by atoms with van der Waals surface area (Å²) >= 11 is 0. The maximum Gasteiger partial charge on any atom is 0.416 e. The van der Waals surface area contributed by atoms with Gasteiger partial charge in [0.25, 0.3) is 5.69 Å². The summed E-state index contributed by atoms with van der Waals surface area (Å²) in [6.07, 6.45) is -0.446. The molecule has 7 heteroatoms. The Bertz CT molecular complexity index is 540. The highest BCUT2D eigenvalue weighted by Gasteiger charge is 2.29. The van der Waals surface area contributed by atoms with Crippen LogP contribution in [0.25, 0.3) is 0 Å². The van der Waals surface area contributed by atoms with Crippen molar-refractivity contribution >= 4 is 17.7 Å². The molecule has 0 saturated carbocycles. The highest BCUT2D eigenvalue weighted by atomic mass is 16.6. The fourth-order valence-electron chi connectivity index (χ4n) is 2.03. The lowest BCUT2D eigenvalue weighted by molar-refractivity contribution is -0.384.